The Bertz CT molecular complexity index is 851. The molecule has 1 fully saturated rings. The lowest BCUT2D eigenvalue weighted by Gasteiger charge is -2.34. The summed E-state index contributed by atoms with van der Waals surface area (Å²) in [7, 11) is -3.51. The van der Waals surface area contributed by atoms with Gasteiger partial charge in [0, 0.05) is 37.7 Å². The third-order valence-corrected chi connectivity index (χ3v) is 6.63. The number of benzene rings is 2. The van der Waals surface area contributed by atoms with E-state index in [0.29, 0.717) is 37.7 Å². The molecular formula is C17H17Cl2FN2O2S. The third-order valence-electron chi connectivity index (χ3n) is 4.17. The summed E-state index contributed by atoms with van der Waals surface area (Å²) in [6.45, 7) is 2.61. The highest BCUT2D eigenvalue weighted by Gasteiger charge is 2.28. The molecule has 134 valence electrons. The molecule has 1 aliphatic heterocycles. The van der Waals surface area contributed by atoms with Crippen molar-refractivity contribution in [3.63, 3.8) is 0 Å². The number of hydrogen-bond acceptors (Lipinski definition) is 3. The predicted molar refractivity (Wildman–Crippen MR) is 96.9 cm³/mol. The molecule has 2 aromatic carbocycles. The molecule has 0 saturated carbocycles. The summed E-state index contributed by atoms with van der Waals surface area (Å²) in [5, 5.41) is 0.600. The van der Waals surface area contributed by atoms with Crippen LogP contribution in [0.1, 0.15) is 5.56 Å². The van der Waals surface area contributed by atoms with Gasteiger partial charge in [-0.1, -0.05) is 29.3 Å². The maximum atomic E-state index is 13.2. The Hall–Kier alpha value is -1.18. The lowest BCUT2D eigenvalue weighted by Crippen LogP contribution is -2.48. The SMILES string of the molecule is O=S(=O)(c1ccc(Cl)cc1)N1CCN(Cc2ccc(F)c(Cl)c2)CC1. The molecule has 2 aromatic rings. The van der Waals surface area contributed by atoms with Gasteiger partial charge in [-0.2, -0.15) is 4.31 Å². The summed E-state index contributed by atoms with van der Waals surface area (Å²) in [4.78, 5) is 2.37. The fraction of sp³-hybridized carbons (Fsp3) is 0.294. The summed E-state index contributed by atoms with van der Waals surface area (Å²) in [5.41, 5.74) is 0.903. The van der Waals surface area contributed by atoms with Crippen molar-refractivity contribution in [3.8, 4) is 0 Å². The van der Waals surface area contributed by atoms with Gasteiger partial charge in [0.15, 0.2) is 0 Å². The monoisotopic (exact) mass is 402 g/mol. The number of nitrogens with zero attached hydrogens (tertiary/aromatic N) is 2. The number of rotatable bonds is 4. The lowest BCUT2D eigenvalue weighted by atomic mass is 10.2. The van der Waals surface area contributed by atoms with Crippen LogP contribution in [0.5, 0.6) is 0 Å². The molecule has 1 aliphatic rings. The van der Waals surface area contributed by atoms with Gasteiger partial charge in [-0.15, -0.1) is 0 Å². The molecule has 0 N–H and O–H groups in total. The molecular weight excluding hydrogens is 386 g/mol. The van der Waals surface area contributed by atoms with Crippen LogP contribution >= 0.6 is 23.2 Å². The van der Waals surface area contributed by atoms with Crippen molar-refractivity contribution in [2.45, 2.75) is 11.4 Å². The number of hydrogen-bond donors (Lipinski definition) is 0. The highest BCUT2D eigenvalue weighted by Crippen LogP contribution is 2.21. The molecule has 0 amide bonds. The molecule has 0 atom stereocenters. The van der Waals surface area contributed by atoms with Crippen molar-refractivity contribution in [1.29, 1.82) is 0 Å². The number of halogens is 3. The van der Waals surface area contributed by atoms with Crippen LogP contribution in [0.2, 0.25) is 10.0 Å². The second-order valence-electron chi connectivity index (χ2n) is 5.88. The van der Waals surface area contributed by atoms with E-state index in [9.17, 15) is 12.8 Å². The van der Waals surface area contributed by atoms with Crippen molar-refractivity contribution in [1.82, 2.24) is 9.21 Å². The molecule has 0 unspecified atom stereocenters. The van der Waals surface area contributed by atoms with Gasteiger partial charge in [-0.25, -0.2) is 12.8 Å². The Labute approximate surface area is 156 Å². The van der Waals surface area contributed by atoms with Crippen LogP contribution < -0.4 is 0 Å². The first-order valence-electron chi connectivity index (χ1n) is 7.78. The Morgan fingerprint density at radius 1 is 0.960 bits per heavy atom. The van der Waals surface area contributed by atoms with E-state index in [1.54, 1.807) is 24.3 Å². The standard InChI is InChI=1S/C17H17Cl2FN2O2S/c18-14-2-4-15(5-3-14)25(23,24)22-9-7-21(8-10-22)12-13-1-6-17(20)16(19)11-13/h1-6,11H,7-10,12H2. The third kappa shape index (κ3) is 4.33. The average molecular weight is 403 g/mol. The minimum atomic E-state index is -3.51. The molecule has 8 heteroatoms. The Morgan fingerprint density at radius 3 is 2.20 bits per heavy atom. The highest BCUT2D eigenvalue weighted by atomic mass is 35.5. The van der Waals surface area contributed by atoms with Crippen LogP contribution in [-0.2, 0) is 16.6 Å². The predicted octanol–water partition coefficient (Wildman–Crippen LogP) is 3.64. The van der Waals surface area contributed by atoms with E-state index < -0.39 is 15.8 Å². The molecule has 0 aromatic heterocycles. The maximum absolute atomic E-state index is 13.2. The van der Waals surface area contributed by atoms with Crippen LogP contribution in [0.4, 0.5) is 4.39 Å². The molecule has 1 saturated heterocycles. The summed E-state index contributed by atoms with van der Waals surface area (Å²) >= 11 is 11.6. The van der Waals surface area contributed by atoms with E-state index in [-0.39, 0.29) is 9.92 Å². The van der Waals surface area contributed by atoms with Crippen LogP contribution in [0.25, 0.3) is 0 Å². The normalized spacial score (nSPS) is 16.9. The quantitative estimate of drug-likeness (QED) is 0.783. The zero-order valence-corrected chi connectivity index (χ0v) is 15.7. The highest BCUT2D eigenvalue weighted by molar-refractivity contribution is 7.89. The molecule has 25 heavy (non-hydrogen) atoms. The zero-order valence-electron chi connectivity index (χ0n) is 13.3. The van der Waals surface area contributed by atoms with Crippen molar-refractivity contribution in [3.05, 3.63) is 63.9 Å². The largest absolute Gasteiger partial charge is 0.296 e. The number of sulfonamides is 1. The summed E-state index contributed by atoms with van der Waals surface area (Å²) < 4.78 is 40.0. The van der Waals surface area contributed by atoms with Gasteiger partial charge in [0.25, 0.3) is 0 Å². The van der Waals surface area contributed by atoms with Crippen LogP contribution in [0.3, 0.4) is 0 Å². The van der Waals surface area contributed by atoms with Gasteiger partial charge >= 0.3 is 0 Å². The van der Waals surface area contributed by atoms with Gasteiger partial charge in [-0.3, -0.25) is 4.90 Å². The first kappa shape index (κ1) is 18.6. The summed E-state index contributed by atoms with van der Waals surface area (Å²) in [6.07, 6.45) is 0. The van der Waals surface area contributed by atoms with Crippen LogP contribution in [-0.4, -0.2) is 43.8 Å². The Morgan fingerprint density at radius 2 is 1.60 bits per heavy atom. The minimum Gasteiger partial charge on any atom is -0.296 e. The van der Waals surface area contributed by atoms with Crippen molar-refractivity contribution in [2.24, 2.45) is 0 Å². The van der Waals surface area contributed by atoms with Crippen molar-refractivity contribution >= 4 is 33.2 Å². The van der Waals surface area contributed by atoms with E-state index in [1.165, 1.54) is 22.5 Å². The van der Waals surface area contributed by atoms with Crippen LogP contribution in [0, 0.1) is 5.82 Å². The molecule has 3 rings (SSSR count). The minimum absolute atomic E-state index is 0.0986. The maximum Gasteiger partial charge on any atom is 0.243 e. The van der Waals surface area contributed by atoms with E-state index >= 15 is 0 Å². The fourth-order valence-corrected chi connectivity index (χ4v) is 4.53. The van der Waals surface area contributed by atoms with Crippen LogP contribution in [0.15, 0.2) is 47.4 Å². The Kier molecular flexibility index (Phi) is 5.65. The lowest BCUT2D eigenvalue weighted by molar-refractivity contribution is 0.181. The molecule has 4 nitrogen and oxygen atoms in total. The molecule has 0 aliphatic carbocycles. The summed E-state index contributed by atoms with van der Waals surface area (Å²) in [5.74, 6) is -0.440. The first-order chi connectivity index (χ1) is 11.9. The molecule has 1 heterocycles. The molecule has 0 spiro atoms. The molecule has 0 radical (unpaired) electrons. The topological polar surface area (TPSA) is 40.6 Å². The van der Waals surface area contributed by atoms with Crippen molar-refractivity contribution < 1.29 is 12.8 Å². The smallest absolute Gasteiger partial charge is 0.243 e. The average Bonchev–Trinajstić information content (AvgIpc) is 2.59. The summed E-state index contributed by atoms with van der Waals surface area (Å²) in [6, 6.07) is 10.8. The second kappa shape index (κ2) is 7.60. The van der Waals surface area contributed by atoms with E-state index in [0.717, 1.165) is 5.56 Å². The Balaban J connectivity index is 1.63. The van der Waals surface area contributed by atoms with E-state index in [4.69, 9.17) is 23.2 Å². The van der Waals surface area contributed by atoms with Gasteiger partial charge in [0.2, 0.25) is 10.0 Å². The fourth-order valence-electron chi connectivity index (χ4n) is 2.78. The van der Waals surface area contributed by atoms with Gasteiger partial charge in [0.1, 0.15) is 5.82 Å². The zero-order chi connectivity index (χ0) is 18.0. The first-order valence-corrected chi connectivity index (χ1v) is 9.98. The number of piperazine rings is 1. The van der Waals surface area contributed by atoms with Gasteiger partial charge < -0.3 is 0 Å². The second-order valence-corrected chi connectivity index (χ2v) is 8.66. The van der Waals surface area contributed by atoms with E-state index in [1.807, 2.05) is 0 Å². The van der Waals surface area contributed by atoms with Gasteiger partial charge in [0.05, 0.1) is 9.92 Å². The van der Waals surface area contributed by atoms with E-state index in [2.05, 4.69) is 4.90 Å². The molecule has 0 bridgehead atoms. The van der Waals surface area contributed by atoms with Gasteiger partial charge in [-0.05, 0) is 42.0 Å². The van der Waals surface area contributed by atoms with Crippen molar-refractivity contribution in [2.75, 3.05) is 26.2 Å².